The maximum atomic E-state index is 3.99. The fourth-order valence-corrected chi connectivity index (χ4v) is 3.67. The van der Waals surface area contributed by atoms with Crippen LogP contribution in [0.15, 0.2) is 37.0 Å². The normalized spacial score (nSPS) is 19.8. The molecule has 0 aromatic rings. The standard InChI is InChI=1S/C18H31NS/c1-8-10-15(9-2)16(11-12-18(6)13-14-18)19(7)20-17(3,4)5/h8-10,16H,1-2,11-14H2,3-7H3. The van der Waals surface area contributed by atoms with Crippen LogP contribution in [0.3, 0.4) is 0 Å². The van der Waals surface area contributed by atoms with Crippen LogP contribution in [-0.4, -0.2) is 22.1 Å². The summed E-state index contributed by atoms with van der Waals surface area (Å²) in [6, 6.07) is 0.423. The number of allylic oxidation sites excluding steroid dienone is 2. The van der Waals surface area contributed by atoms with E-state index in [0.29, 0.717) is 11.5 Å². The van der Waals surface area contributed by atoms with Crippen molar-refractivity contribution in [3.05, 3.63) is 37.0 Å². The van der Waals surface area contributed by atoms with Crippen molar-refractivity contribution in [2.24, 2.45) is 5.41 Å². The molecule has 0 aliphatic heterocycles. The molecule has 0 saturated heterocycles. The van der Waals surface area contributed by atoms with Gasteiger partial charge in [-0.2, -0.15) is 0 Å². The van der Waals surface area contributed by atoms with Crippen LogP contribution >= 0.6 is 11.9 Å². The topological polar surface area (TPSA) is 3.24 Å². The van der Waals surface area contributed by atoms with Crippen LogP contribution in [0.4, 0.5) is 0 Å². The lowest BCUT2D eigenvalue weighted by molar-refractivity contribution is 0.377. The highest BCUT2D eigenvalue weighted by molar-refractivity contribution is 7.98. The van der Waals surface area contributed by atoms with E-state index < -0.39 is 0 Å². The molecule has 0 spiro atoms. The van der Waals surface area contributed by atoms with Crippen molar-refractivity contribution in [2.45, 2.75) is 64.2 Å². The molecule has 1 atom stereocenters. The second-order valence-electron chi connectivity index (χ2n) is 7.22. The molecule has 0 radical (unpaired) electrons. The van der Waals surface area contributed by atoms with Gasteiger partial charge in [-0.15, -0.1) is 0 Å². The molecule has 0 bridgehead atoms. The second kappa shape index (κ2) is 7.00. The highest BCUT2D eigenvalue weighted by Gasteiger charge is 2.37. The molecule has 1 aliphatic rings. The zero-order valence-corrected chi connectivity index (χ0v) is 14.7. The van der Waals surface area contributed by atoms with E-state index >= 15 is 0 Å². The Morgan fingerprint density at radius 2 is 1.95 bits per heavy atom. The first-order valence-corrected chi connectivity index (χ1v) is 8.35. The number of hydrogen-bond acceptors (Lipinski definition) is 2. The van der Waals surface area contributed by atoms with Crippen LogP contribution in [0.2, 0.25) is 0 Å². The predicted octanol–water partition coefficient (Wildman–Crippen LogP) is 5.61. The molecule has 2 heteroatoms. The average molecular weight is 294 g/mol. The molecule has 0 amide bonds. The quantitative estimate of drug-likeness (QED) is 0.422. The highest BCUT2D eigenvalue weighted by atomic mass is 32.2. The molecular formula is C18H31NS. The third-order valence-electron chi connectivity index (χ3n) is 3.91. The van der Waals surface area contributed by atoms with E-state index in [1.807, 2.05) is 24.1 Å². The van der Waals surface area contributed by atoms with E-state index in [4.69, 9.17) is 0 Å². The molecular weight excluding hydrogens is 262 g/mol. The van der Waals surface area contributed by atoms with Gasteiger partial charge in [0.15, 0.2) is 0 Å². The minimum absolute atomic E-state index is 0.233. The van der Waals surface area contributed by atoms with Gasteiger partial charge in [0, 0.05) is 10.8 Å². The molecule has 1 rings (SSSR count). The zero-order valence-electron chi connectivity index (χ0n) is 13.9. The summed E-state index contributed by atoms with van der Waals surface area (Å²) in [6.07, 6.45) is 11.2. The Labute approximate surface area is 130 Å². The summed E-state index contributed by atoms with van der Waals surface area (Å²) in [5.74, 6) is 0. The maximum Gasteiger partial charge on any atom is 0.0449 e. The molecule has 1 aliphatic carbocycles. The first-order valence-electron chi connectivity index (χ1n) is 7.58. The molecule has 0 aromatic carbocycles. The van der Waals surface area contributed by atoms with Crippen LogP contribution in [-0.2, 0) is 0 Å². The lowest BCUT2D eigenvalue weighted by Gasteiger charge is -2.33. The molecule has 0 aromatic heterocycles. The summed E-state index contributed by atoms with van der Waals surface area (Å²) in [4.78, 5) is 0. The van der Waals surface area contributed by atoms with Gasteiger partial charge in [0.25, 0.3) is 0 Å². The molecule has 0 N–H and O–H groups in total. The summed E-state index contributed by atoms with van der Waals surface area (Å²) < 4.78 is 2.64. The summed E-state index contributed by atoms with van der Waals surface area (Å²) in [5, 5.41) is 0. The Kier molecular flexibility index (Phi) is 6.15. The third-order valence-corrected chi connectivity index (χ3v) is 5.00. The van der Waals surface area contributed by atoms with Crippen molar-refractivity contribution in [1.82, 2.24) is 4.31 Å². The molecule has 1 nitrogen and oxygen atoms in total. The van der Waals surface area contributed by atoms with Crippen molar-refractivity contribution >= 4 is 11.9 Å². The highest BCUT2D eigenvalue weighted by Crippen LogP contribution is 2.49. The lowest BCUT2D eigenvalue weighted by Crippen LogP contribution is -2.32. The van der Waals surface area contributed by atoms with Crippen LogP contribution in [0.1, 0.15) is 53.4 Å². The van der Waals surface area contributed by atoms with Crippen molar-refractivity contribution in [2.75, 3.05) is 7.05 Å². The molecule has 0 heterocycles. The Balaban J connectivity index is 2.78. The summed E-state index contributed by atoms with van der Waals surface area (Å²) in [7, 11) is 2.20. The number of hydrogen-bond donors (Lipinski definition) is 0. The van der Waals surface area contributed by atoms with Crippen molar-refractivity contribution in [3.8, 4) is 0 Å². The van der Waals surface area contributed by atoms with E-state index in [1.54, 1.807) is 0 Å². The Morgan fingerprint density at radius 1 is 1.35 bits per heavy atom. The monoisotopic (exact) mass is 293 g/mol. The predicted molar refractivity (Wildman–Crippen MR) is 93.9 cm³/mol. The second-order valence-corrected chi connectivity index (χ2v) is 9.20. The molecule has 20 heavy (non-hydrogen) atoms. The minimum Gasteiger partial charge on any atom is -0.246 e. The smallest absolute Gasteiger partial charge is 0.0449 e. The van der Waals surface area contributed by atoms with Crippen LogP contribution in [0.5, 0.6) is 0 Å². The van der Waals surface area contributed by atoms with Crippen LogP contribution in [0.25, 0.3) is 0 Å². The van der Waals surface area contributed by atoms with E-state index in [2.05, 4.69) is 58.3 Å². The fraction of sp³-hybridized carbons (Fsp3) is 0.667. The van der Waals surface area contributed by atoms with Gasteiger partial charge in [0.2, 0.25) is 0 Å². The Hall–Kier alpha value is -0.470. The van der Waals surface area contributed by atoms with E-state index in [-0.39, 0.29) is 4.75 Å². The Bertz CT molecular complexity index is 371. The molecule has 1 saturated carbocycles. The molecule has 114 valence electrons. The fourth-order valence-electron chi connectivity index (χ4n) is 2.45. The maximum absolute atomic E-state index is 3.99. The van der Waals surface area contributed by atoms with Crippen molar-refractivity contribution < 1.29 is 0 Å². The zero-order chi connectivity index (χ0) is 15.4. The summed E-state index contributed by atoms with van der Waals surface area (Å²) in [6.45, 7) is 17.0. The first kappa shape index (κ1) is 17.6. The summed E-state index contributed by atoms with van der Waals surface area (Å²) in [5.41, 5.74) is 1.88. The third kappa shape index (κ3) is 5.88. The van der Waals surface area contributed by atoms with Gasteiger partial charge in [-0.1, -0.05) is 50.3 Å². The van der Waals surface area contributed by atoms with Gasteiger partial charge in [0.05, 0.1) is 0 Å². The average Bonchev–Trinajstić information content (AvgIpc) is 3.04. The van der Waals surface area contributed by atoms with Crippen LogP contribution < -0.4 is 0 Å². The molecule has 1 fully saturated rings. The lowest BCUT2D eigenvalue weighted by atomic mass is 9.95. The van der Waals surface area contributed by atoms with Gasteiger partial charge < -0.3 is 0 Å². The minimum atomic E-state index is 0.233. The SMILES string of the molecule is C=CC=C(C=C)C(CCC1(C)CC1)N(C)SC(C)(C)C. The first-order chi connectivity index (χ1) is 9.21. The van der Waals surface area contributed by atoms with Gasteiger partial charge in [-0.05, 0) is 64.5 Å². The van der Waals surface area contributed by atoms with Crippen LogP contribution in [0, 0.1) is 5.41 Å². The van der Waals surface area contributed by atoms with E-state index in [0.717, 1.165) is 0 Å². The largest absolute Gasteiger partial charge is 0.246 e. The van der Waals surface area contributed by atoms with Crippen molar-refractivity contribution in [3.63, 3.8) is 0 Å². The van der Waals surface area contributed by atoms with Crippen molar-refractivity contribution in [1.29, 1.82) is 0 Å². The van der Waals surface area contributed by atoms with Gasteiger partial charge in [0.1, 0.15) is 0 Å². The Morgan fingerprint density at radius 3 is 2.35 bits per heavy atom. The number of likely N-dealkylation sites (N-methyl/N-ethyl adjacent to an activating group) is 1. The van der Waals surface area contributed by atoms with E-state index in [1.165, 1.54) is 31.3 Å². The van der Waals surface area contributed by atoms with E-state index in [9.17, 15) is 0 Å². The van der Waals surface area contributed by atoms with Gasteiger partial charge in [-0.25, -0.2) is 4.31 Å². The van der Waals surface area contributed by atoms with Gasteiger partial charge >= 0.3 is 0 Å². The summed E-state index contributed by atoms with van der Waals surface area (Å²) >= 11 is 1.92. The number of rotatable bonds is 8. The molecule has 1 unspecified atom stereocenters. The van der Waals surface area contributed by atoms with Gasteiger partial charge in [-0.3, -0.25) is 0 Å². The number of nitrogens with zero attached hydrogens (tertiary/aromatic N) is 1.